The number of carbonyl (C=O) groups is 1. The highest BCUT2D eigenvalue weighted by atomic mass is 19.1. The Morgan fingerprint density at radius 2 is 1.94 bits per heavy atom. The Hall–Kier alpha value is -1.38. The minimum absolute atomic E-state index is 0.601. The van der Waals surface area contributed by atoms with Crippen LogP contribution in [-0.4, -0.2) is 11.1 Å². The molecule has 0 aliphatic heterocycles. The Bertz CT molecular complexity index is 391. The number of alkyl halides is 1. The van der Waals surface area contributed by atoms with Gasteiger partial charge in [-0.1, -0.05) is 30.7 Å². The van der Waals surface area contributed by atoms with Crippen molar-refractivity contribution < 1.29 is 14.3 Å². The normalized spacial score (nSPS) is 19.9. The molecule has 1 N–H and O–H groups in total. The van der Waals surface area contributed by atoms with E-state index >= 15 is 0 Å². The minimum Gasteiger partial charge on any atom is -0.481 e. The fourth-order valence-electron chi connectivity index (χ4n) is 2.22. The zero-order valence-electron chi connectivity index (χ0n) is 9.24. The molecule has 1 aromatic rings. The van der Waals surface area contributed by atoms with Crippen molar-refractivity contribution in [2.45, 2.75) is 37.8 Å². The van der Waals surface area contributed by atoms with Gasteiger partial charge in [-0.05, 0) is 30.9 Å². The smallest absolute Gasteiger partial charge is 0.314 e. The van der Waals surface area contributed by atoms with Crippen molar-refractivity contribution in [3.05, 3.63) is 35.4 Å². The zero-order valence-corrected chi connectivity index (χ0v) is 9.24. The third-order valence-electron chi connectivity index (χ3n) is 3.54. The molecule has 0 radical (unpaired) electrons. The number of benzene rings is 1. The molecule has 16 heavy (non-hydrogen) atoms. The number of aliphatic carboxylic acids is 1. The van der Waals surface area contributed by atoms with Crippen molar-refractivity contribution in [3.8, 4) is 0 Å². The summed E-state index contributed by atoms with van der Waals surface area (Å²) in [6.45, 7) is 1.48. The highest BCUT2D eigenvalue weighted by Crippen LogP contribution is 2.44. The van der Waals surface area contributed by atoms with E-state index in [1.54, 1.807) is 24.3 Å². The van der Waals surface area contributed by atoms with Gasteiger partial charge in [0.15, 0.2) is 0 Å². The molecule has 1 aromatic carbocycles. The molecule has 2 rings (SSSR count). The lowest BCUT2D eigenvalue weighted by Crippen LogP contribution is -2.42. The zero-order chi connectivity index (χ0) is 11.8. The number of halogens is 1. The number of carboxylic acids is 1. The lowest BCUT2D eigenvalue weighted by Gasteiger charge is -2.38. The molecule has 3 heteroatoms. The quantitative estimate of drug-likeness (QED) is 0.852. The molecule has 0 heterocycles. The largest absolute Gasteiger partial charge is 0.481 e. The van der Waals surface area contributed by atoms with Crippen LogP contribution in [0.15, 0.2) is 24.3 Å². The van der Waals surface area contributed by atoms with Gasteiger partial charge in [0, 0.05) is 0 Å². The van der Waals surface area contributed by atoms with Gasteiger partial charge in [0.05, 0.1) is 5.41 Å². The van der Waals surface area contributed by atoms with Crippen LogP contribution in [-0.2, 0) is 10.2 Å². The predicted octanol–water partition coefficient (Wildman–Crippen LogP) is 3.22. The van der Waals surface area contributed by atoms with E-state index in [2.05, 4.69) is 0 Å². The van der Waals surface area contributed by atoms with E-state index in [4.69, 9.17) is 0 Å². The lowest BCUT2D eigenvalue weighted by molar-refractivity contribution is -0.147. The van der Waals surface area contributed by atoms with Crippen molar-refractivity contribution in [1.29, 1.82) is 0 Å². The van der Waals surface area contributed by atoms with Gasteiger partial charge in [-0.15, -0.1) is 0 Å². The molecule has 86 valence electrons. The first kappa shape index (κ1) is 11.1. The summed E-state index contributed by atoms with van der Waals surface area (Å²) >= 11 is 0. The summed E-state index contributed by atoms with van der Waals surface area (Å²) in [4.78, 5) is 11.2. The molecule has 1 fully saturated rings. The highest BCUT2D eigenvalue weighted by molar-refractivity contribution is 5.82. The molecule has 1 atom stereocenters. The van der Waals surface area contributed by atoms with Crippen LogP contribution in [0, 0.1) is 0 Å². The molecule has 0 saturated heterocycles. The van der Waals surface area contributed by atoms with Gasteiger partial charge in [-0.2, -0.15) is 0 Å². The summed E-state index contributed by atoms with van der Waals surface area (Å²) < 4.78 is 13.0. The minimum atomic E-state index is -1.00. The Labute approximate surface area is 94.1 Å². The Balaban J connectivity index is 2.30. The summed E-state index contributed by atoms with van der Waals surface area (Å²) in [5.41, 5.74) is 0.692. The molecule has 1 unspecified atom stereocenters. The molecular weight excluding hydrogens is 207 g/mol. The number of carboxylic acid groups (broad SMARTS) is 1. The third kappa shape index (κ3) is 1.60. The standard InChI is InChI=1S/C13H15FO2/c1-9(14)10-3-5-11(6-4-10)13(12(15)16)7-2-8-13/h3-6,9H,2,7-8H2,1H3,(H,15,16). The second kappa shape index (κ2) is 3.89. The molecular formula is C13H15FO2. The average Bonchev–Trinajstić information content (AvgIpc) is 2.16. The Kier molecular flexibility index (Phi) is 2.70. The van der Waals surface area contributed by atoms with Crippen molar-refractivity contribution in [2.24, 2.45) is 0 Å². The van der Waals surface area contributed by atoms with Crippen LogP contribution in [0.25, 0.3) is 0 Å². The second-order valence-corrected chi connectivity index (χ2v) is 4.48. The SMILES string of the molecule is CC(F)c1ccc(C2(C(=O)O)CCC2)cc1. The van der Waals surface area contributed by atoms with Crippen LogP contribution < -0.4 is 0 Å². The van der Waals surface area contributed by atoms with Gasteiger partial charge in [-0.25, -0.2) is 4.39 Å². The maximum absolute atomic E-state index is 13.0. The first-order chi connectivity index (χ1) is 7.56. The first-order valence-corrected chi connectivity index (χ1v) is 5.54. The number of rotatable bonds is 3. The summed E-state index contributed by atoms with van der Waals surface area (Å²) in [5, 5.41) is 9.24. The molecule has 1 aliphatic carbocycles. The second-order valence-electron chi connectivity index (χ2n) is 4.48. The van der Waals surface area contributed by atoms with Crippen LogP contribution in [0.2, 0.25) is 0 Å². The van der Waals surface area contributed by atoms with Crippen molar-refractivity contribution in [2.75, 3.05) is 0 Å². The number of hydrogen-bond donors (Lipinski definition) is 1. The Morgan fingerprint density at radius 3 is 2.25 bits per heavy atom. The maximum Gasteiger partial charge on any atom is 0.314 e. The summed E-state index contributed by atoms with van der Waals surface area (Å²) in [6.07, 6.45) is 1.32. The first-order valence-electron chi connectivity index (χ1n) is 5.54. The van der Waals surface area contributed by atoms with Crippen molar-refractivity contribution in [1.82, 2.24) is 0 Å². The Morgan fingerprint density at radius 1 is 1.38 bits per heavy atom. The van der Waals surface area contributed by atoms with Crippen molar-refractivity contribution in [3.63, 3.8) is 0 Å². The molecule has 0 spiro atoms. The van der Waals surface area contributed by atoms with Crippen LogP contribution in [0.1, 0.15) is 43.5 Å². The molecule has 0 amide bonds. The van der Waals surface area contributed by atoms with E-state index in [9.17, 15) is 14.3 Å². The van der Waals surface area contributed by atoms with E-state index in [0.717, 1.165) is 12.0 Å². The van der Waals surface area contributed by atoms with E-state index in [-0.39, 0.29) is 0 Å². The molecule has 0 bridgehead atoms. The number of hydrogen-bond acceptors (Lipinski definition) is 1. The van der Waals surface area contributed by atoms with Gasteiger partial charge in [0.25, 0.3) is 0 Å². The van der Waals surface area contributed by atoms with Crippen molar-refractivity contribution >= 4 is 5.97 Å². The van der Waals surface area contributed by atoms with E-state index in [1.807, 2.05) is 0 Å². The summed E-state index contributed by atoms with van der Waals surface area (Å²) in [5.74, 6) is -0.764. The summed E-state index contributed by atoms with van der Waals surface area (Å²) in [7, 11) is 0. The average molecular weight is 222 g/mol. The van der Waals surface area contributed by atoms with Gasteiger partial charge < -0.3 is 5.11 Å². The lowest BCUT2D eigenvalue weighted by atomic mass is 9.64. The van der Waals surface area contributed by atoms with E-state index < -0.39 is 17.6 Å². The topological polar surface area (TPSA) is 37.3 Å². The van der Waals surface area contributed by atoms with Crippen LogP contribution >= 0.6 is 0 Å². The highest BCUT2D eigenvalue weighted by Gasteiger charge is 2.45. The third-order valence-corrected chi connectivity index (χ3v) is 3.54. The molecule has 2 nitrogen and oxygen atoms in total. The van der Waals surface area contributed by atoms with E-state index in [1.165, 1.54) is 6.92 Å². The maximum atomic E-state index is 13.0. The van der Waals surface area contributed by atoms with Crippen LogP contribution in [0.3, 0.4) is 0 Å². The fourth-order valence-corrected chi connectivity index (χ4v) is 2.22. The molecule has 1 saturated carbocycles. The van der Waals surface area contributed by atoms with E-state index in [0.29, 0.717) is 18.4 Å². The monoisotopic (exact) mass is 222 g/mol. The van der Waals surface area contributed by atoms with Gasteiger partial charge in [0.1, 0.15) is 6.17 Å². The predicted molar refractivity (Wildman–Crippen MR) is 59.1 cm³/mol. The molecule has 0 aromatic heterocycles. The molecule has 1 aliphatic rings. The van der Waals surface area contributed by atoms with Crippen LogP contribution in [0.5, 0.6) is 0 Å². The van der Waals surface area contributed by atoms with Gasteiger partial charge >= 0.3 is 5.97 Å². The van der Waals surface area contributed by atoms with Gasteiger partial charge in [-0.3, -0.25) is 4.79 Å². The van der Waals surface area contributed by atoms with Crippen LogP contribution in [0.4, 0.5) is 4.39 Å². The summed E-state index contributed by atoms with van der Waals surface area (Å²) in [6, 6.07) is 6.86. The fraction of sp³-hybridized carbons (Fsp3) is 0.462. The van der Waals surface area contributed by atoms with Gasteiger partial charge in [0.2, 0.25) is 0 Å².